The molecule has 1 heterocycles. The number of nitrogens with zero attached hydrogens (tertiary/aromatic N) is 1. The van der Waals surface area contributed by atoms with Crippen LogP contribution in [-0.4, -0.2) is 18.0 Å². The van der Waals surface area contributed by atoms with Crippen LogP contribution in [0.15, 0.2) is 79.1 Å². The zero-order valence-corrected chi connectivity index (χ0v) is 14.8. The molecule has 1 aromatic heterocycles. The van der Waals surface area contributed by atoms with E-state index in [1.165, 1.54) is 0 Å². The molecule has 3 aromatic rings. The van der Waals surface area contributed by atoms with Crippen LogP contribution in [0.5, 0.6) is 5.75 Å². The van der Waals surface area contributed by atoms with Crippen LogP contribution < -0.4 is 10.1 Å². The Hall–Kier alpha value is -3.14. The Bertz CT molecular complexity index is 835. The van der Waals surface area contributed by atoms with E-state index >= 15 is 0 Å². The molecule has 26 heavy (non-hydrogen) atoms. The maximum atomic E-state index is 12.6. The molecule has 4 nitrogen and oxygen atoms in total. The molecule has 2 aromatic carbocycles. The fourth-order valence-electron chi connectivity index (χ4n) is 3.01. The van der Waals surface area contributed by atoms with E-state index in [-0.39, 0.29) is 11.8 Å². The number of amides is 1. The van der Waals surface area contributed by atoms with E-state index in [0.717, 1.165) is 22.4 Å². The van der Waals surface area contributed by atoms with Crippen LogP contribution in [0.2, 0.25) is 0 Å². The van der Waals surface area contributed by atoms with Gasteiger partial charge in [-0.3, -0.25) is 9.78 Å². The molecule has 0 saturated carbocycles. The number of nitrogens with one attached hydrogen (secondary N) is 1. The lowest BCUT2D eigenvalue weighted by Crippen LogP contribution is -2.25. The summed E-state index contributed by atoms with van der Waals surface area (Å²) in [5.41, 5.74) is 3.08. The summed E-state index contributed by atoms with van der Waals surface area (Å²) in [6.07, 6.45) is 3.83. The van der Waals surface area contributed by atoms with Gasteiger partial charge in [-0.25, -0.2) is 0 Å². The number of aromatic nitrogens is 1. The van der Waals surface area contributed by atoms with Crippen molar-refractivity contribution in [2.24, 2.45) is 0 Å². The average Bonchev–Trinajstić information content (AvgIpc) is 2.72. The summed E-state index contributed by atoms with van der Waals surface area (Å²) < 4.78 is 5.52. The van der Waals surface area contributed by atoms with E-state index in [2.05, 4.69) is 10.3 Å². The van der Waals surface area contributed by atoms with Crippen molar-refractivity contribution in [3.05, 3.63) is 95.8 Å². The number of rotatable bonds is 7. The summed E-state index contributed by atoms with van der Waals surface area (Å²) in [5.74, 6) is 0.719. The van der Waals surface area contributed by atoms with Crippen LogP contribution in [0.25, 0.3) is 0 Å². The number of carbonyl (C=O) groups is 1. The van der Waals surface area contributed by atoms with Gasteiger partial charge in [0.05, 0.1) is 7.11 Å². The molecule has 0 aliphatic carbocycles. The molecule has 0 aliphatic rings. The van der Waals surface area contributed by atoms with Crippen molar-refractivity contribution in [3.63, 3.8) is 0 Å². The molecule has 132 valence electrons. The van der Waals surface area contributed by atoms with Gasteiger partial charge in [-0.1, -0.05) is 54.6 Å². The molecule has 0 bridgehead atoms. The molecule has 1 amide bonds. The summed E-state index contributed by atoms with van der Waals surface area (Å²) in [7, 11) is 1.66. The maximum Gasteiger partial charge on any atom is 0.221 e. The van der Waals surface area contributed by atoms with E-state index < -0.39 is 0 Å². The van der Waals surface area contributed by atoms with Gasteiger partial charge < -0.3 is 10.1 Å². The van der Waals surface area contributed by atoms with Crippen LogP contribution in [0.1, 0.15) is 29.0 Å². The van der Waals surface area contributed by atoms with Crippen LogP contribution in [-0.2, 0) is 11.3 Å². The van der Waals surface area contributed by atoms with E-state index in [1.807, 2.05) is 66.7 Å². The second kappa shape index (κ2) is 8.81. The highest BCUT2D eigenvalue weighted by molar-refractivity contribution is 5.77. The number of hydrogen-bond donors (Lipinski definition) is 1. The number of benzene rings is 2. The molecular weight excluding hydrogens is 324 g/mol. The van der Waals surface area contributed by atoms with E-state index in [0.29, 0.717) is 13.0 Å². The molecule has 0 saturated heterocycles. The largest absolute Gasteiger partial charge is 0.496 e. The van der Waals surface area contributed by atoms with Gasteiger partial charge in [0.1, 0.15) is 5.75 Å². The molecule has 0 aliphatic heterocycles. The van der Waals surface area contributed by atoms with E-state index in [4.69, 9.17) is 4.74 Å². The minimum absolute atomic E-state index is 0.00591. The summed E-state index contributed by atoms with van der Waals surface area (Å²) in [6.45, 7) is 0.472. The smallest absolute Gasteiger partial charge is 0.221 e. The minimum Gasteiger partial charge on any atom is -0.496 e. The summed E-state index contributed by atoms with van der Waals surface area (Å²) >= 11 is 0. The van der Waals surface area contributed by atoms with Gasteiger partial charge in [0.25, 0.3) is 0 Å². The molecule has 0 fully saturated rings. The Labute approximate surface area is 153 Å². The molecular formula is C22H22N2O2. The van der Waals surface area contributed by atoms with E-state index in [9.17, 15) is 4.79 Å². The monoisotopic (exact) mass is 346 g/mol. The molecule has 0 spiro atoms. The predicted octanol–water partition coefficient (Wildman–Crippen LogP) is 3.93. The van der Waals surface area contributed by atoms with Gasteiger partial charge in [-0.05, 0) is 23.3 Å². The Balaban J connectivity index is 1.79. The normalized spacial score (nSPS) is 11.6. The minimum atomic E-state index is -0.0683. The third-order valence-electron chi connectivity index (χ3n) is 4.32. The molecule has 0 unspecified atom stereocenters. The summed E-state index contributed by atoms with van der Waals surface area (Å²) in [6, 6.07) is 21.7. The summed E-state index contributed by atoms with van der Waals surface area (Å²) in [4.78, 5) is 16.7. The van der Waals surface area contributed by atoms with Gasteiger partial charge in [0.2, 0.25) is 5.91 Å². The van der Waals surface area contributed by atoms with Crippen LogP contribution in [0, 0.1) is 0 Å². The first-order chi connectivity index (χ1) is 12.8. The number of hydrogen-bond acceptors (Lipinski definition) is 3. The molecule has 1 N–H and O–H groups in total. The first-order valence-electron chi connectivity index (χ1n) is 8.61. The Kier molecular flexibility index (Phi) is 5.99. The van der Waals surface area contributed by atoms with Crippen molar-refractivity contribution in [2.75, 3.05) is 7.11 Å². The third kappa shape index (κ3) is 4.48. The number of para-hydroxylation sites is 1. The van der Waals surface area contributed by atoms with Crippen LogP contribution in [0.3, 0.4) is 0 Å². The molecule has 3 rings (SSSR count). The fraction of sp³-hybridized carbons (Fsp3) is 0.182. The molecule has 1 atom stereocenters. The Morgan fingerprint density at radius 2 is 1.81 bits per heavy atom. The number of pyridine rings is 1. The van der Waals surface area contributed by atoms with Gasteiger partial charge in [0.15, 0.2) is 0 Å². The molecule has 4 heteroatoms. The SMILES string of the molecule is COc1ccccc1[C@H](CC(=O)NCc1cccnc1)c1ccccc1. The predicted molar refractivity (Wildman–Crippen MR) is 102 cm³/mol. The highest BCUT2D eigenvalue weighted by atomic mass is 16.5. The highest BCUT2D eigenvalue weighted by Crippen LogP contribution is 2.34. The molecule has 0 radical (unpaired) electrons. The van der Waals surface area contributed by atoms with Crippen LogP contribution in [0.4, 0.5) is 0 Å². The zero-order valence-electron chi connectivity index (χ0n) is 14.8. The topological polar surface area (TPSA) is 51.2 Å². The number of methoxy groups -OCH3 is 1. The number of carbonyl (C=O) groups excluding carboxylic acids is 1. The lowest BCUT2D eigenvalue weighted by Gasteiger charge is -2.20. The zero-order chi connectivity index (χ0) is 18.2. The second-order valence-electron chi connectivity index (χ2n) is 6.05. The fourth-order valence-corrected chi connectivity index (χ4v) is 3.01. The highest BCUT2D eigenvalue weighted by Gasteiger charge is 2.21. The van der Waals surface area contributed by atoms with Gasteiger partial charge in [-0.15, -0.1) is 0 Å². The summed E-state index contributed by atoms with van der Waals surface area (Å²) in [5, 5.41) is 2.99. The van der Waals surface area contributed by atoms with Crippen LogP contribution >= 0.6 is 0 Å². The average molecular weight is 346 g/mol. The van der Waals surface area contributed by atoms with Crippen molar-refractivity contribution in [3.8, 4) is 5.75 Å². The van der Waals surface area contributed by atoms with Crippen molar-refractivity contribution in [2.45, 2.75) is 18.9 Å². The van der Waals surface area contributed by atoms with Gasteiger partial charge in [-0.2, -0.15) is 0 Å². The number of ether oxygens (including phenoxy) is 1. The van der Waals surface area contributed by atoms with Crippen molar-refractivity contribution in [1.82, 2.24) is 10.3 Å². The lowest BCUT2D eigenvalue weighted by atomic mass is 9.87. The van der Waals surface area contributed by atoms with Crippen molar-refractivity contribution in [1.29, 1.82) is 0 Å². The second-order valence-corrected chi connectivity index (χ2v) is 6.05. The van der Waals surface area contributed by atoms with Gasteiger partial charge in [0, 0.05) is 36.8 Å². The maximum absolute atomic E-state index is 12.6. The quantitative estimate of drug-likeness (QED) is 0.705. The first kappa shape index (κ1) is 17.7. The first-order valence-corrected chi connectivity index (χ1v) is 8.61. The lowest BCUT2D eigenvalue weighted by molar-refractivity contribution is -0.121. The standard InChI is InChI=1S/C22H22N2O2/c1-26-21-12-6-5-11-19(21)20(18-9-3-2-4-10-18)14-22(25)24-16-17-8-7-13-23-15-17/h2-13,15,20H,14,16H2,1H3,(H,24,25)/t20-/m1/s1. The third-order valence-corrected chi connectivity index (χ3v) is 4.32. The van der Waals surface area contributed by atoms with E-state index in [1.54, 1.807) is 19.5 Å². The van der Waals surface area contributed by atoms with Crippen molar-refractivity contribution < 1.29 is 9.53 Å². The van der Waals surface area contributed by atoms with Gasteiger partial charge >= 0.3 is 0 Å². The Morgan fingerprint density at radius 3 is 2.54 bits per heavy atom. The Morgan fingerprint density at radius 1 is 1.04 bits per heavy atom. The van der Waals surface area contributed by atoms with Crippen molar-refractivity contribution >= 4 is 5.91 Å².